The zero-order valence-electron chi connectivity index (χ0n) is 9.27. The number of carbonyl (C=O) groups is 1. The van der Waals surface area contributed by atoms with Gasteiger partial charge in [-0.1, -0.05) is 5.16 Å². The zero-order valence-corrected chi connectivity index (χ0v) is 9.27. The third-order valence-corrected chi connectivity index (χ3v) is 2.24. The van der Waals surface area contributed by atoms with Gasteiger partial charge in [0.1, 0.15) is 5.76 Å². The van der Waals surface area contributed by atoms with Gasteiger partial charge in [0.25, 0.3) is 0 Å². The first-order chi connectivity index (χ1) is 8.16. The number of carboxylic acid groups (broad SMARTS) is 1. The third-order valence-electron chi connectivity index (χ3n) is 2.24. The first-order valence-corrected chi connectivity index (χ1v) is 5.09. The van der Waals surface area contributed by atoms with Crippen LogP contribution in [0.3, 0.4) is 0 Å². The predicted octanol–water partition coefficient (Wildman–Crippen LogP) is 1.56. The highest BCUT2D eigenvalue weighted by Gasteiger charge is 2.13. The molecule has 2 rings (SSSR count). The molecule has 0 aliphatic rings. The Morgan fingerprint density at radius 1 is 1.53 bits per heavy atom. The van der Waals surface area contributed by atoms with Crippen LogP contribution >= 0.6 is 0 Å². The summed E-state index contributed by atoms with van der Waals surface area (Å²) in [5.74, 6) is -0.353. The third kappa shape index (κ3) is 2.73. The van der Waals surface area contributed by atoms with Crippen LogP contribution in [-0.2, 0) is 13.1 Å². The van der Waals surface area contributed by atoms with Gasteiger partial charge >= 0.3 is 5.97 Å². The molecule has 2 aromatic rings. The minimum Gasteiger partial charge on any atom is -0.475 e. The largest absolute Gasteiger partial charge is 0.475 e. The Morgan fingerprint density at radius 3 is 3.00 bits per heavy atom. The van der Waals surface area contributed by atoms with Crippen LogP contribution in [0.15, 0.2) is 27.3 Å². The average Bonchev–Trinajstić information content (AvgIpc) is 2.87. The number of carboxylic acids is 1. The monoisotopic (exact) mass is 236 g/mol. The molecule has 0 saturated carbocycles. The number of furan rings is 1. The molecule has 0 bridgehead atoms. The van der Waals surface area contributed by atoms with Gasteiger partial charge in [-0.2, -0.15) is 0 Å². The molecule has 17 heavy (non-hydrogen) atoms. The number of rotatable bonds is 5. The lowest BCUT2D eigenvalue weighted by molar-refractivity contribution is 0.0660. The number of aryl methyl sites for hydroxylation is 1. The lowest BCUT2D eigenvalue weighted by Crippen LogP contribution is -2.14. The maximum Gasteiger partial charge on any atom is 0.372 e. The van der Waals surface area contributed by atoms with E-state index in [9.17, 15) is 4.79 Å². The second kappa shape index (κ2) is 4.84. The molecule has 0 amide bonds. The number of hydrogen-bond acceptors (Lipinski definition) is 5. The highest BCUT2D eigenvalue weighted by molar-refractivity contribution is 5.86. The minimum atomic E-state index is -1.07. The molecule has 0 spiro atoms. The van der Waals surface area contributed by atoms with E-state index in [2.05, 4.69) is 10.5 Å². The zero-order chi connectivity index (χ0) is 12.3. The van der Waals surface area contributed by atoms with Gasteiger partial charge in [0.15, 0.2) is 0 Å². The van der Waals surface area contributed by atoms with Gasteiger partial charge < -0.3 is 19.4 Å². The number of aromatic nitrogens is 1. The molecule has 6 heteroatoms. The summed E-state index contributed by atoms with van der Waals surface area (Å²) in [5.41, 5.74) is 1.39. The normalized spacial score (nSPS) is 10.6. The quantitative estimate of drug-likeness (QED) is 0.819. The Balaban J connectivity index is 1.90. The van der Waals surface area contributed by atoms with Crippen molar-refractivity contribution in [2.75, 3.05) is 0 Å². The van der Waals surface area contributed by atoms with Gasteiger partial charge in [0.2, 0.25) is 5.76 Å². The topological polar surface area (TPSA) is 88.5 Å². The first-order valence-electron chi connectivity index (χ1n) is 5.09. The fourth-order valence-corrected chi connectivity index (χ4v) is 1.49. The number of aromatic carboxylic acids is 1. The van der Waals surface area contributed by atoms with Crippen molar-refractivity contribution in [3.63, 3.8) is 0 Å². The van der Waals surface area contributed by atoms with Crippen molar-refractivity contribution >= 4 is 5.97 Å². The molecule has 0 fully saturated rings. The summed E-state index contributed by atoms with van der Waals surface area (Å²) >= 11 is 0. The molecule has 2 heterocycles. The summed E-state index contributed by atoms with van der Waals surface area (Å²) in [5, 5.41) is 15.7. The SMILES string of the molecule is Cc1cc(CNCc2ccoc2C(=O)O)no1. The Morgan fingerprint density at radius 2 is 2.35 bits per heavy atom. The van der Waals surface area contributed by atoms with Crippen molar-refractivity contribution in [2.45, 2.75) is 20.0 Å². The van der Waals surface area contributed by atoms with E-state index in [0.29, 0.717) is 18.7 Å². The van der Waals surface area contributed by atoms with Gasteiger partial charge in [0.05, 0.1) is 12.0 Å². The van der Waals surface area contributed by atoms with Gasteiger partial charge in [-0.25, -0.2) is 4.79 Å². The van der Waals surface area contributed by atoms with Crippen LogP contribution in [-0.4, -0.2) is 16.2 Å². The van der Waals surface area contributed by atoms with E-state index in [4.69, 9.17) is 14.0 Å². The molecule has 2 N–H and O–H groups in total. The van der Waals surface area contributed by atoms with Gasteiger partial charge in [-0.3, -0.25) is 0 Å². The Labute approximate surface area is 97.2 Å². The summed E-state index contributed by atoms with van der Waals surface area (Å²) in [7, 11) is 0. The van der Waals surface area contributed by atoms with Gasteiger partial charge in [-0.15, -0.1) is 0 Å². The molecule has 90 valence electrons. The molecule has 0 radical (unpaired) electrons. The van der Waals surface area contributed by atoms with Crippen LogP contribution in [0.25, 0.3) is 0 Å². The first kappa shape index (κ1) is 11.4. The van der Waals surface area contributed by atoms with E-state index >= 15 is 0 Å². The molecule has 2 aromatic heterocycles. The van der Waals surface area contributed by atoms with Crippen molar-refractivity contribution in [1.29, 1.82) is 0 Å². The van der Waals surface area contributed by atoms with E-state index in [1.165, 1.54) is 6.26 Å². The summed E-state index contributed by atoms with van der Waals surface area (Å²) in [6.45, 7) is 2.74. The standard InChI is InChI=1S/C11H12N2O4/c1-7-4-9(13-17-7)6-12-5-8-2-3-16-10(8)11(14)15/h2-4,12H,5-6H2,1H3,(H,14,15). The summed E-state index contributed by atoms with van der Waals surface area (Å²) in [4.78, 5) is 10.8. The van der Waals surface area contributed by atoms with E-state index in [-0.39, 0.29) is 5.76 Å². The lowest BCUT2D eigenvalue weighted by atomic mass is 10.2. The van der Waals surface area contributed by atoms with Crippen molar-refractivity contribution in [3.8, 4) is 0 Å². The Bertz CT molecular complexity index is 515. The molecular weight excluding hydrogens is 224 g/mol. The fourth-order valence-electron chi connectivity index (χ4n) is 1.49. The maximum absolute atomic E-state index is 10.8. The highest BCUT2D eigenvalue weighted by atomic mass is 16.5. The Hall–Kier alpha value is -2.08. The van der Waals surface area contributed by atoms with Crippen molar-refractivity contribution < 1.29 is 18.8 Å². The molecule has 0 aliphatic heterocycles. The lowest BCUT2D eigenvalue weighted by Gasteiger charge is -2.00. The molecule has 0 atom stereocenters. The molecule has 6 nitrogen and oxygen atoms in total. The maximum atomic E-state index is 10.8. The highest BCUT2D eigenvalue weighted by Crippen LogP contribution is 2.10. The van der Waals surface area contributed by atoms with Crippen LogP contribution in [0, 0.1) is 6.92 Å². The minimum absolute atomic E-state index is 0.0335. The average molecular weight is 236 g/mol. The smallest absolute Gasteiger partial charge is 0.372 e. The van der Waals surface area contributed by atoms with Crippen LogP contribution in [0.1, 0.15) is 27.6 Å². The molecule has 0 aromatic carbocycles. The van der Waals surface area contributed by atoms with Crippen molar-refractivity contribution in [2.24, 2.45) is 0 Å². The van der Waals surface area contributed by atoms with Gasteiger partial charge in [-0.05, 0) is 13.0 Å². The van der Waals surface area contributed by atoms with E-state index < -0.39 is 5.97 Å². The van der Waals surface area contributed by atoms with Gasteiger partial charge in [0, 0.05) is 24.7 Å². The van der Waals surface area contributed by atoms with E-state index in [1.807, 2.05) is 13.0 Å². The van der Waals surface area contributed by atoms with Crippen LogP contribution in [0.2, 0.25) is 0 Å². The summed E-state index contributed by atoms with van der Waals surface area (Å²) in [6, 6.07) is 3.45. The number of nitrogens with one attached hydrogen (secondary N) is 1. The molecule has 0 aliphatic carbocycles. The summed E-state index contributed by atoms with van der Waals surface area (Å²) < 4.78 is 9.77. The van der Waals surface area contributed by atoms with Crippen LogP contribution in [0.4, 0.5) is 0 Å². The Kier molecular flexibility index (Phi) is 3.24. The van der Waals surface area contributed by atoms with Crippen LogP contribution in [0.5, 0.6) is 0 Å². The van der Waals surface area contributed by atoms with E-state index in [0.717, 1.165) is 11.5 Å². The number of nitrogens with zero attached hydrogens (tertiary/aromatic N) is 1. The number of hydrogen-bond donors (Lipinski definition) is 2. The predicted molar refractivity (Wildman–Crippen MR) is 57.5 cm³/mol. The second-order valence-corrected chi connectivity index (χ2v) is 3.61. The fraction of sp³-hybridized carbons (Fsp3) is 0.273. The van der Waals surface area contributed by atoms with Crippen molar-refractivity contribution in [1.82, 2.24) is 10.5 Å². The van der Waals surface area contributed by atoms with Crippen LogP contribution < -0.4 is 5.32 Å². The van der Waals surface area contributed by atoms with E-state index in [1.54, 1.807) is 6.07 Å². The summed E-state index contributed by atoms with van der Waals surface area (Å²) in [6.07, 6.45) is 1.36. The molecule has 0 unspecified atom stereocenters. The molecule has 0 saturated heterocycles. The second-order valence-electron chi connectivity index (χ2n) is 3.61. The van der Waals surface area contributed by atoms with Crippen molar-refractivity contribution in [3.05, 3.63) is 41.2 Å². The molecular formula is C11H12N2O4.